The van der Waals surface area contributed by atoms with Gasteiger partial charge in [0.1, 0.15) is 11.6 Å². The number of amides is 2. The maximum Gasteiger partial charge on any atom is 0.334 e. The first kappa shape index (κ1) is 16.9. The minimum Gasteiger partial charge on any atom is -0.423 e. The molecule has 7 atom stereocenters. The van der Waals surface area contributed by atoms with Crippen LogP contribution in [0.15, 0.2) is 48.7 Å². The standard InChI is InChI=1S/C23H20N2O4/c1-11(23(28)29-17-6-2-4-12-5-3-9-24-20(12)17)25-21(26)18-13-7-8-14(16-10-15(13)16)19(18)22(25)27/h2-9,11,13-16,18-19H,10H2,1H3/t11-,13+,14+,15+,16+,18-,19+/m0/s1. The quantitative estimate of drug-likeness (QED) is 0.350. The number of hydrogen-bond acceptors (Lipinski definition) is 5. The zero-order chi connectivity index (χ0) is 19.9. The van der Waals surface area contributed by atoms with E-state index in [0.29, 0.717) is 23.1 Å². The van der Waals surface area contributed by atoms with Gasteiger partial charge < -0.3 is 4.74 Å². The maximum atomic E-state index is 13.2. The van der Waals surface area contributed by atoms with Crippen molar-refractivity contribution in [1.82, 2.24) is 9.88 Å². The second-order valence-corrected chi connectivity index (χ2v) is 8.63. The van der Waals surface area contributed by atoms with Crippen LogP contribution >= 0.6 is 0 Å². The lowest BCUT2D eigenvalue weighted by atomic mass is 9.63. The number of ether oxygens (including phenoxy) is 1. The van der Waals surface area contributed by atoms with Gasteiger partial charge in [0.2, 0.25) is 11.8 Å². The van der Waals surface area contributed by atoms with Gasteiger partial charge in [0, 0.05) is 11.6 Å². The van der Waals surface area contributed by atoms with E-state index >= 15 is 0 Å². The van der Waals surface area contributed by atoms with Crippen molar-refractivity contribution in [3.63, 3.8) is 0 Å². The van der Waals surface area contributed by atoms with Gasteiger partial charge in [0.15, 0.2) is 5.75 Å². The molecular weight excluding hydrogens is 368 g/mol. The molecule has 7 rings (SSSR count). The Morgan fingerprint density at radius 2 is 1.72 bits per heavy atom. The molecule has 3 fully saturated rings. The Hall–Kier alpha value is -3.02. The number of carbonyl (C=O) groups is 3. The Morgan fingerprint density at radius 1 is 1.07 bits per heavy atom. The number of hydrogen-bond donors (Lipinski definition) is 0. The Morgan fingerprint density at radius 3 is 2.41 bits per heavy atom. The van der Waals surface area contributed by atoms with Crippen molar-refractivity contribution in [3.8, 4) is 5.75 Å². The molecule has 5 aliphatic rings. The van der Waals surface area contributed by atoms with Crippen LogP contribution < -0.4 is 4.74 Å². The topological polar surface area (TPSA) is 76.6 Å². The van der Waals surface area contributed by atoms with E-state index < -0.39 is 12.0 Å². The summed E-state index contributed by atoms with van der Waals surface area (Å²) in [6.45, 7) is 1.57. The molecule has 1 aromatic heterocycles. The predicted molar refractivity (Wildman–Crippen MR) is 103 cm³/mol. The van der Waals surface area contributed by atoms with Crippen LogP contribution in [0, 0.1) is 35.5 Å². The molecule has 2 amide bonds. The van der Waals surface area contributed by atoms with Crippen LogP contribution in [0.25, 0.3) is 10.9 Å². The highest BCUT2D eigenvalue weighted by molar-refractivity contribution is 6.09. The molecule has 1 saturated heterocycles. The second-order valence-electron chi connectivity index (χ2n) is 8.63. The van der Waals surface area contributed by atoms with Crippen molar-refractivity contribution in [2.75, 3.05) is 0 Å². The van der Waals surface area contributed by atoms with E-state index in [1.165, 1.54) is 0 Å². The van der Waals surface area contributed by atoms with Gasteiger partial charge in [-0.1, -0.05) is 30.4 Å². The predicted octanol–water partition coefficient (Wildman–Crippen LogP) is 2.58. The summed E-state index contributed by atoms with van der Waals surface area (Å²) in [6, 6.07) is 8.08. The van der Waals surface area contributed by atoms with Gasteiger partial charge >= 0.3 is 5.97 Å². The van der Waals surface area contributed by atoms with Gasteiger partial charge in [-0.15, -0.1) is 0 Å². The van der Waals surface area contributed by atoms with Crippen LogP contribution in [0.4, 0.5) is 0 Å². The Bertz CT molecular complexity index is 1070. The third-order valence-electron chi connectivity index (χ3n) is 7.23. The largest absolute Gasteiger partial charge is 0.423 e. The van der Waals surface area contributed by atoms with Crippen molar-refractivity contribution in [1.29, 1.82) is 0 Å². The summed E-state index contributed by atoms with van der Waals surface area (Å²) in [6.07, 6.45) is 7.00. The van der Waals surface area contributed by atoms with E-state index in [2.05, 4.69) is 17.1 Å². The van der Waals surface area contributed by atoms with E-state index in [4.69, 9.17) is 4.74 Å². The number of benzene rings is 1. The smallest absolute Gasteiger partial charge is 0.334 e. The number of rotatable bonds is 3. The average molecular weight is 388 g/mol. The molecule has 1 aromatic carbocycles. The highest BCUT2D eigenvalue weighted by Crippen LogP contribution is 2.65. The summed E-state index contributed by atoms with van der Waals surface area (Å²) in [4.78, 5) is 44.7. The van der Waals surface area contributed by atoms with Crippen molar-refractivity contribution in [3.05, 3.63) is 48.7 Å². The zero-order valence-electron chi connectivity index (χ0n) is 15.9. The molecule has 29 heavy (non-hydrogen) atoms. The highest BCUT2D eigenvalue weighted by atomic mass is 16.5. The Balaban J connectivity index is 1.27. The molecule has 146 valence electrons. The number of carbonyl (C=O) groups excluding carboxylic acids is 3. The van der Waals surface area contributed by atoms with E-state index in [0.717, 1.165) is 16.7 Å². The summed E-state index contributed by atoms with van der Waals surface area (Å²) in [5.41, 5.74) is 0.575. The minimum absolute atomic E-state index is 0.141. The van der Waals surface area contributed by atoms with Crippen LogP contribution in [0.2, 0.25) is 0 Å². The fourth-order valence-electron chi connectivity index (χ4n) is 5.82. The lowest BCUT2D eigenvalue weighted by Crippen LogP contribution is -2.45. The number of aromatic nitrogens is 1. The molecule has 6 nitrogen and oxygen atoms in total. The lowest BCUT2D eigenvalue weighted by molar-refractivity contribution is -0.152. The normalized spacial score (nSPS) is 34.9. The molecule has 4 aliphatic carbocycles. The number of fused-ring (bicyclic) bond motifs is 1. The highest BCUT2D eigenvalue weighted by Gasteiger charge is 2.67. The van der Waals surface area contributed by atoms with Gasteiger partial charge in [0.05, 0.1) is 11.8 Å². The Labute approximate surface area is 167 Å². The van der Waals surface area contributed by atoms with Crippen molar-refractivity contribution in [2.24, 2.45) is 35.5 Å². The fraction of sp³-hybridized carbons (Fsp3) is 0.391. The number of para-hydroxylation sites is 1. The number of nitrogens with zero attached hydrogens (tertiary/aromatic N) is 2. The molecule has 0 unspecified atom stereocenters. The number of imide groups is 1. The first-order chi connectivity index (χ1) is 14.1. The summed E-state index contributed by atoms with van der Waals surface area (Å²) < 4.78 is 5.59. The molecular formula is C23H20N2O4. The molecule has 1 aliphatic heterocycles. The van der Waals surface area contributed by atoms with Crippen molar-refractivity contribution < 1.29 is 19.1 Å². The molecule has 2 heterocycles. The molecule has 2 saturated carbocycles. The van der Waals surface area contributed by atoms with E-state index in [9.17, 15) is 14.4 Å². The van der Waals surface area contributed by atoms with Gasteiger partial charge in [-0.25, -0.2) is 4.79 Å². The van der Waals surface area contributed by atoms with Crippen LogP contribution in [0.5, 0.6) is 5.75 Å². The fourth-order valence-corrected chi connectivity index (χ4v) is 5.82. The van der Waals surface area contributed by atoms with Crippen LogP contribution in [0.3, 0.4) is 0 Å². The monoisotopic (exact) mass is 388 g/mol. The molecule has 2 aromatic rings. The second kappa shape index (κ2) is 5.75. The third-order valence-corrected chi connectivity index (χ3v) is 7.23. The van der Waals surface area contributed by atoms with Gasteiger partial charge in [0.25, 0.3) is 0 Å². The summed E-state index contributed by atoms with van der Waals surface area (Å²) in [5.74, 6) is 0.0121. The number of pyridine rings is 1. The van der Waals surface area contributed by atoms with Crippen LogP contribution in [0.1, 0.15) is 13.3 Å². The van der Waals surface area contributed by atoms with Crippen molar-refractivity contribution in [2.45, 2.75) is 19.4 Å². The average Bonchev–Trinajstić information content (AvgIpc) is 3.51. The molecule has 0 N–H and O–H groups in total. The van der Waals surface area contributed by atoms with Gasteiger partial charge in [-0.2, -0.15) is 0 Å². The van der Waals surface area contributed by atoms with Crippen molar-refractivity contribution >= 4 is 28.7 Å². The first-order valence-electron chi connectivity index (χ1n) is 10.2. The lowest BCUT2D eigenvalue weighted by Gasteiger charge is -2.37. The third kappa shape index (κ3) is 2.23. The molecule has 0 spiro atoms. The number of likely N-dealkylation sites (tertiary alicyclic amines) is 1. The Kier molecular flexibility index (Phi) is 3.35. The zero-order valence-corrected chi connectivity index (χ0v) is 15.9. The van der Waals surface area contributed by atoms with E-state index in [1.807, 2.05) is 18.2 Å². The van der Waals surface area contributed by atoms with E-state index in [1.54, 1.807) is 25.3 Å². The van der Waals surface area contributed by atoms with Gasteiger partial charge in [-0.05, 0) is 49.1 Å². The summed E-state index contributed by atoms with van der Waals surface area (Å²) in [5, 5.41) is 0.853. The van der Waals surface area contributed by atoms with Gasteiger partial charge in [-0.3, -0.25) is 19.5 Å². The minimum atomic E-state index is -0.963. The number of allylic oxidation sites excluding steroid dienone is 2. The molecule has 2 bridgehead atoms. The number of esters is 1. The molecule has 6 heteroatoms. The first-order valence-corrected chi connectivity index (χ1v) is 10.2. The van der Waals surface area contributed by atoms with Crippen LogP contribution in [-0.4, -0.2) is 33.7 Å². The van der Waals surface area contributed by atoms with Crippen LogP contribution in [-0.2, 0) is 14.4 Å². The molecule has 0 radical (unpaired) electrons. The van der Waals surface area contributed by atoms with E-state index in [-0.39, 0.29) is 35.5 Å². The summed E-state index contributed by atoms with van der Waals surface area (Å²) >= 11 is 0. The summed E-state index contributed by atoms with van der Waals surface area (Å²) in [7, 11) is 0. The maximum absolute atomic E-state index is 13.2. The SMILES string of the molecule is C[C@@H](C(=O)Oc1cccc2cccnc12)N1C(=O)[C@@H]2[C@@H]3C=C[C@H]([C@H]4C[C@H]34)[C@@H]2C1=O.